The van der Waals surface area contributed by atoms with E-state index in [1.54, 1.807) is 18.1 Å². The Bertz CT molecular complexity index is 1320. The van der Waals surface area contributed by atoms with E-state index in [-0.39, 0.29) is 11.9 Å². The van der Waals surface area contributed by atoms with Crippen LogP contribution in [0.15, 0.2) is 41.7 Å². The molecule has 0 bridgehead atoms. The number of piperazine rings is 1. The van der Waals surface area contributed by atoms with Gasteiger partial charge in [0.2, 0.25) is 0 Å². The van der Waals surface area contributed by atoms with Gasteiger partial charge < -0.3 is 19.7 Å². The summed E-state index contributed by atoms with van der Waals surface area (Å²) in [6, 6.07) is 5.14. The Hall–Kier alpha value is -3.30. The highest BCUT2D eigenvalue weighted by molar-refractivity contribution is 6.08. The molecule has 2 fully saturated rings. The highest BCUT2D eigenvalue weighted by Crippen LogP contribution is 2.50. The van der Waals surface area contributed by atoms with Gasteiger partial charge in [-0.15, -0.1) is 0 Å². The molecule has 1 aromatic heterocycles. The number of methoxy groups -OCH3 is 1. The number of aromatic amines is 1. The van der Waals surface area contributed by atoms with E-state index in [1.807, 2.05) is 25.1 Å². The summed E-state index contributed by atoms with van der Waals surface area (Å²) in [6.45, 7) is 6.80. The predicted molar refractivity (Wildman–Crippen MR) is 141 cm³/mol. The average molecular weight is 506 g/mol. The Morgan fingerprint density at radius 3 is 2.68 bits per heavy atom. The molecule has 4 aliphatic rings. The third-order valence-corrected chi connectivity index (χ3v) is 8.54. The molecule has 0 unspecified atom stereocenters. The Morgan fingerprint density at radius 1 is 1.16 bits per heavy atom. The molecule has 37 heavy (non-hydrogen) atoms. The normalized spacial score (nSPS) is 26.8. The van der Waals surface area contributed by atoms with Crippen LogP contribution in [0.2, 0.25) is 0 Å². The van der Waals surface area contributed by atoms with Gasteiger partial charge in [0.1, 0.15) is 17.3 Å². The number of hydrogen-bond acceptors (Lipinski definition) is 6. The van der Waals surface area contributed by atoms with Gasteiger partial charge in [0.05, 0.1) is 12.9 Å². The zero-order valence-electron chi connectivity index (χ0n) is 21.8. The minimum atomic E-state index is -1.02. The molecule has 1 aliphatic carbocycles. The van der Waals surface area contributed by atoms with Gasteiger partial charge in [-0.05, 0) is 55.8 Å². The number of benzene rings is 1. The van der Waals surface area contributed by atoms with Crippen LogP contribution in [0.5, 0.6) is 5.75 Å². The highest BCUT2D eigenvalue weighted by Gasteiger charge is 2.60. The SMILES string of the molecule is COc1ccc2[nH]c3c(c2c1)C[C@@]1(C)C(=O)N(CCN2CCN(C)CC2)C(=O)N1[C@@H]3C1=CCCC(O)=C1. The molecule has 0 saturated carbocycles. The molecule has 2 aromatic rings. The minimum absolute atomic E-state index is 0.149. The van der Waals surface area contributed by atoms with E-state index in [1.165, 1.54) is 4.90 Å². The van der Waals surface area contributed by atoms with E-state index in [4.69, 9.17) is 4.74 Å². The number of aromatic nitrogens is 1. The van der Waals surface area contributed by atoms with Crippen LogP contribution in [-0.2, 0) is 11.2 Å². The number of H-pyrrole nitrogens is 1. The molecule has 9 heteroatoms. The maximum absolute atomic E-state index is 14.0. The lowest BCUT2D eigenvalue weighted by Gasteiger charge is -2.43. The van der Waals surface area contributed by atoms with Gasteiger partial charge in [0.15, 0.2) is 0 Å². The number of aliphatic hydroxyl groups excluding tert-OH is 1. The number of nitrogens with one attached hydrogen (secondary N) is 1. The van der Waals surface area contributed by atoms with E-state index in [9.17, 15) is 14.7 Å². The maximum atomic E-state index is 14.0. The van der Waals surface area contributed by atoms with Crippen molar-refractivity contribution in [2.75, 3.05) is 53.4 Å². The van der Waals surface area contributed by atoms with Crippen molar-refractivity contribution < 1.29 is 19.4 Å². The van der Waals surface area contributed by atoms with Crippen LogP contribution in [0.25, 0.3) is 10.9 Å². The van der Waals surface area contributed by atoms with Crippen molar-refractivity contribution in [1.29, 1.82) is 0 Å². The number of urea groups is 1. The van der Waals surface area contributed by atoms with E-state index < -0.39 is 11.6 Å². The van der Waals surface area contributed by atoms with Crippen LogP contribution in [0, 0.1) is 0 Å². The molecule has 2 N–H and O–H groups in total. The molecule has 6 rings (SSSR count). The fourth-order valence-electron chi connectivity index (χ4n) is 6.38. The van der Waals surface area contributed by atoms with Gasteiger partial charge in [-0.2, -0.15) is 0 Å². The summed E-state index contributed by atoms with van der Waals surface area (Å²) >= 11 is 0. The Balaban J connectivity index is 1.40. The third-order valence-electron chi connectivity index (χ3n) is 8.54. The van der Waals surface area contributed by atoms with Crippen LogP contribution in [0.4, 0.5) is 4.79 Å². The lowest BCUT2D eigenvalue weighted by atomic mass is 9.80. The van der Waals surface area contributed by atoms with Gasteiger partial charge >= 0.3 is 6.03 Å². The second kappa shape index (κ2) is 8.92. The zero-order chi connectivity index (χ0) is 25.9. The van der Waals surface area contributed by atoms with Crippen molar-refractivity contribution >= 4 is 22.8 Å². The van der Waals surface area contributed by atoms with E-state index in [0.717, 1.165) is 59.7 Å². The maximum Gasteiger partial charge on any atom is 0.328 e. The topological polar surface area (TPSA) is 92.4 Å². The first kappa shape index (κ1) is 24.1. The summed E-state index contributed by atoms with van der Waals surface area (Å²) in [5.41, 5.74) is 2.70. The van der Waals surface area contributed by atoms with Crippen LogP contribution >= 0.6 is 0 Å². The molecule has 3 amide bonds. The quantitative estimate of drug-likeness (QED) is 0.607. The molecule has 4 heterocycles. The number of likely N-dealkylation sites (N-methyl/N-ethyl adjacent to an activating group) is 1. The van der Waals surface area contributed by atoms with Gasteiger partial charge in [-0.25, -0.2) is 4.79 Å². The second-order valence-corrected chi connectivity index (χ2v) is 10.9. The number of ether oxygens (including phenoxy) is 1. The number of carbonyl (C=O) groups excluding carboxylic acids is 2. The molecular formula is C28H35N5O4. The van der Waals surface area contributed by atoms with Gasteiger partial charge in [0, 0.05) is 68.7 Å². The van der Waals surface area contributed by atoms with Gasteiger partial charge in [-0.3, -0.25) is 19.5 Å². The summed E-state index contributed by atoms with van der Waals surface area (Å²) in [5, 5.41) is 11.4. The number of nitrogens with zero attached hydrogens (tertiary/aromatic N) is 4. The summed E-state index contributed by atoms with van der Waals surface area (Å²) in [5.74, 6) is 0.897. The number of fused-ring (bicyclic) bond motifs is 4. The Morgan fingerprint density at radius 2 is 1.95 bits per heavy atom. The van der Waals surface area contributed by atoms with Crippen LogP contribution in [0.3, 0.4) is 0 Å². The van der Waals surface area contributed by atoms with Crippen molar-refractivity contribution in [3.05, 3.63) is 52.9 Å². The number of hydrogen-bond donors (Lipinski definition) is 2. The molecule has 2 atom stereocenters. The first-order valence-electron chi connectivity index (χ1n) is 13.1. The van der Waals surface area contributed by atoms with E-state index >= 15 is 0 Å². The lowest BCUT2D eigenvalue weighted by molar-refractivity contribution is -0.133. The molecule has 9 nitrogen and oxygen atoms in total. The average Bonchev–Trinajstić information content (AvgIpc) is 3.33. The van der Waals surface area contributed by atoms with Crippen molar-refractivity contribution in [3.8, 4) is 5.75 Å². The van der Waals surface area contributed by atoms with E-state index in [0.29, 0.717) is 38.1 Å². The summed E-state index contributed by atoms with van der Waals surface area (Å²) in [7, 11) is 3.76. The fourth-order valence-corrected chi connectivity index (χ4v) is 6.38. The fraction of sp³-hybridized carbons (Fsp3) is 0.500. The Kier molecular flexibility index (Phi) is 5.80. The molecule has 2 saturated heterocycles. The second-order valence-electron chi connectivity index (χ2n) is 10.9. The number of carbonyl (C=O) groups is 2. The van der Waals surface area contributed by atoms with Crippen molar-refractivity contribution in [2.24, 2.45) is 0 Å². The van der Waals surface area contributed by atoms with Gasteiger partial charge in [-0.1, -0.05) is 6.08 Å². The highest BCUT2D eigenvalue weighted by atomic mass is 16.5. The molecule has 196 valence electrons. The van der Waals surface area contributed by atoms with Crippen molar-refractivity contribution in [1.82, 2.24) is 24.6 Å². The summed E-state index contributed by atoms with van der Waals surface area (Å²) in [4.78, 5) is 39.4. The number of allylic oxidation sites excluding steroid dienone is 2. The molecule has 1 aromatic carbocycles. The van der Waals surface area contributed by atoms with Gasteiger partial charge in [0.25, 0.3) is 5.91 Å². The standard InChI is InChI=1S/C28H35N5O4/c1-28-17-22-21-16-20(37-3)7-8-23(21)29-24(22)25(18-5-4-6-19(34)15-18)33(28)27(36)32(26(28)35)14-13-31-11-9-30(2)10-12-31/h5,7-8,15-16,25,29,34H,4,6,9-14,17H2,1-3H3/t25-,28+/m1/s1. The van der Waals surface area contributed by atoms with Crippen LogP contribution in [-0.4, -0.2) is 101 Å². The smallest absolute Gasteiger partial charge is 0.328 e. The largest absolute Gasteiger partial charge is 0.512 e. The first-order valence-corrected chi connectivity index (χ1v) is 13.1. The molecular weight excluding hydrogens is 470 g/mol. The first-order chi connectivity index (χ1) is 17.8. The zero-order valence-corrected chi connectivity index (χ0v) is 21.8. The van der Waals surface area contributed by atoms with Crippen LogP contribution in [0.1, 0.15) is 37.1 Å². The molecule has 3 aliphatic heterocycles. The summed E-state index contributed by atoms with van der Waals surface area (Å²) in [6.07, 6.45) is 5.53. The number of aliphatic hydroxyl groups is 1. The van der Waals surface area contributed by atoms with E-state index in [2.05, 4.69) is 27.9 Å². The monoisotopic (exact) mass is 505 g/mol. The Labute approximate surface area is 216 Å². The molecule has 0 spiro atoms. The molecule has 0 radical (unpaired) electrons. The predicted octanol–water partition coefficient (Wildman–Crippen LogP) is 3.21. The summed E-state index contributed by atoms with van der Waals surface area (Å²) < 4.78 is 5.49. The number of rotatable bonds is 5. The minimum Gasteiger partial charge on any atom is -0.512 e. The van der Waals surface area contributed by atoms with Crippen molar-refractivity contribution in [3.63, 3.8) is 0 Å². The van der Waals surface area contributed by atoms with Crippen molar-refractivity contribution in [2.45, 2.75) is 37.8 Å². The number of imide groups is 1. The number of amides is 3. The van der Waals surface area contributed by atoms with Crippen LogP contribution < -0.4 is 4.74 Å². The lowest BCUT2D eigenvalue weighted by Crippen LogP contribution is -2.53. The third kappa shape index (κ3) is 3.83.